The van der Waals surface area contributed by atoms with Crippen molar-refractivity contribution >= 4 is 10.0 Å². The van der Waals surface area contributed by atoms with Crippen LogP contribution >= 0.6 is 0 Å². The third-order valence-electron chi connectivity index (χ3n) is 4.01. The quantitative estimate of drug-likeness (QED) is 0.573. The van der Waals surface area contributed by atoms with Crippen LogP contribution in [-0.2, 0) is 22.7 Å². The lowest BCUT2D eigenvalue weighted by atomic mass is 10.2. The highest BCUT2D eigenvalue weighted by Gasteiger charge is 2.30. The molecule has 0 spiro atoms. The molecule has 1 heterocycles. The summed E-state index contributed by atoms with van der Waals surface area (Å²) in [5.74, 6) is 0.376. The average molecular weight is 440 g/mol. The molecule has 3 aromatic rings. The standard InChI is InChI=1S/C19H15F3N2O5S/c20-19(21,22)14-3-5-15(6-4-14)29-16-7-9-17(10-8-16)30(27,28)23-12-13-2-1-11-24(26)18(13)25/h1-11,23,26H,12H2. The van der Waals surface area contributed by atoms with Gasteiger partial charge in [-0.1, -0.05) is 6.07 Å². The van der Waals surface area contributed by atoms with Gasteiger partial charge in [0, 0.05) is 18.3 Å². The molecule has 0 atom stereocenters. The van der Waals surface area contributed by atoms with Gasteiger partial charge >= 0.3 is 6.18 Å². The van der Waals surface area contributed by atoms with E-state index in [9.17, 15) is 31.6 Å². The summed E-state index contributed by atoms with van der Waals surface area (Å²) in [6.45, 7) is -0.327. The van der Waals surface area contributed by atoms with Crippen molar-refractivity contribution in [1.29, 1.82) is 0 Å². The van der Waals surface area contributed by atoms with Crippen LogP contribution < -0.4 is 15.0 Å². The number of nitrogens with one attached hydrogen (secondary N) is 1. The molecule has 0 saturated heterocycles. The van der Waals surface area contributed by atoms with Crippen LogP contribution in [-0.4, -0.2) is 18.4 Å². The van der Waals surface area contributed by atoms with E-state index in [0.29, 0.717) is 4.73 Å². The molecular formula is C19H15F3N2O5S. The van der Waals surface area contributed by atoms with E-state index in [4.69, 9.17) is 4.74 Å². The smallest absolute Gasteiger partial charge is 0.416 e. The summed E-state index contributed by atoms with van der Waals surface area (Å²) in [6.07, 6.45) is -3.33. The number of aromatic nitrogens is 1. The number of pyridine rings is 1. The van der Waals surface area contributed by atoms with Crippen molar-refractivity contribution in [1.82, 2.24) is 9.45 Å². The number of rotatable bonds is 6. The minimum Gasteiger partial charge on any atom is -0.457 e. The molecule has 0 aliphatic carbocycles. The first kappa shape index (κ1) is 21.4. The van der Waals surface area contributed by atoms with Crippen LogP contribution in [0.4, 0.5) is 13.2 Å². The first-order valence-electron chi connectivity index (χ1n) is 8.41. The van der Waals surface area contributed by atoms with Crippen molar-refractivity contribution < 1.29 is 31.5 Å². The molecule has 0 bridgehead atoms. The van der Waals surface area contributed by atoms with Crippen LogP contribution in [0.25, 0.3) is 0 Å². The zero-order valence-electron chi connectivity index (χ0n) is 15.1. The summed E-state index contributed by atoms with van der Waals surface area (Å²) in [6, 6.07) is 12.0. The predicted octanol–water partition coefficient (Wildman–Crippen LogP) is 3.38. The summed E-state index contributed by atoms with van der Waals surface area (Å²) in [5.41, 5.74) is -1.51. The van der Waals surface area contributed by atoms with Crippen molar-refractivity contribution in [2.75, 3.05) is 0 Å². The SMILES string of the molecule is O=c1c(CNS(=O)(=O)c2ccc(Oc3ccc(C(F)(F)F)cc3)cc2)cccn1O. The summed E-state index contributed by atoms with van der Waals surface area (Å²) in [7, 11) is -3.96. The topological polar surface area (TPSA) is 97.6 Å². The molecule has 30 heavy (non-hydrogen) atoms. The molecule has 0 unspecified atom stereocenters. The van der Waals surface area contributed by atoms with Crippen molar-refractivity contribution in [3.63, 3.8) is 0 Å². The van der Waals surface area contributed by atoms with Gasteiger partial charge in [-0.05, 0) is 54.6 Å². The molecule has 2 N–H and O–H groups in total. The molecule has 3 rings (SSSR count). The Labute approximate surface area is 169 Å². The third-order valence-corrected chi connectivity index (χ3v) is 5.43. The van der Waals surface area contributed by atoms with Crippen molar-refractivity contribution in [2.45, 2.75) is 17.6 Å². The third kappa shape index (κ3) is 4.99. The normalized spacial score (nSPS) is 12.0. The van der Waals surface area contributed by atoms with Crippen molar-refractivity contribution in [3.05, 3.63) is 88.3 Å². The maximum absolute atomic E-state index is 12.6. The lowest BCUT2D eigenvalue weighted by Gasteiger charge is -2.10. The van der Waals surface area contributed by atoms with E-state index in [1.807, 2.05) is 0 Å². The molecule has 0 saturated carbocycles. The van der Waals surface area contributed by atoms with E-state index in [0.717, 1.165) is 30.5 Å². The lowest BCUT2D eigenvalue weighted by molar-refractivity contribution is -0.137. The van der Waals surface area contributed by atoms with Gasteiger partial charge in [0.25, 0.3) is 5.56 Å². The number of nitrogens with zero attached hydrogens (tertiary/aromatic N) is 1. The van der Waals surface area contributed by atoms with Crippen LogP contribution in [0.2, 0.25) is 0 Å². The Bertz CT molecular complexity index is 1190. The minimum atomic E-state index is -4.45. The van der Waals surface area contributed by atoms with E-state index in [-0.39, 0.29) is 28.5 Å². The van der Waals surface area contributed by atoms with E-state index in [2.05, 4.69) is 4.72 Å². The number of benzene rings is 2. The van der Waals surface area contributed by atoms with E-state index in [1.54, 1.807) is 0 Å². The second-order valence-electron chi connectivity index (χ2n) is 6.10. The Morgan fingerprint density at radius 1 is 0.967 bits per heavy atom. The van der Waals surface area contributed by atoms with Gasteiger partial charge < -0.3 is 9.94 Å². The van der Waals surface area contributed by atoms with Gasteiger partial charge in [0.05, 0.1) is 10.5 Å². The highest BCUT2D eigenvalue weighted by molar-refractivity contribution is 7.89. The first-order chi connectivity index (χ1) is 14.1. The molecule has 0 aliphatic rings. The van der Waals surface area contributed by atoms with Crippen LogP contribution in [0.5, 0.6) is 11.5 Å². The minimum absolute atomic E-state index is 0.0471. The van der Waals surface area contributed by atoms with E-state index < -0.39 is 27.3 Å². The average Bonchev–Trinajstić information content (AvgIpc) is 2.69. The molecule has 2 aromatic carbocycles. The number of sulfonamides is 1. The summed E-state index contributed by atoms with van der Waals surface area (Å²) in [4.78, 5) is 11.6. The van der Waals surface area contributed by atoms with Gasteiger partial charge in [0.1, 0.15) is 11.5 Å². The summed E-state index contributed by atoms with van der Waals surface area (Å²) in [5, 5.41) is 9.31. The Morgan fingerprint density at radius 3 is 2.10 bits per heavy atom. The van der Waals surface area contributed by atoms with Gasteiger partial charge in [-0.3, -0.25) is 4.79 Å². The van der Waals surface area contributed by atoms with E-state index >= 15 is 0 Å². The van der Waals surface area contributed by atoms with Gasteiger partial charge in [0.15, 0.2) is 0 Å². The zero-order chi connectivity index (χ0) is 21.9. The molecule has 158 valence electrons. The summed E-state index contributed by atoms with van der Waals surface area (Å²) >= 11 is 0. The molecule has 0 fully saturated rings. The van der Waals surface area contributed by atoms with Crippen LogP contribution in [0, 0.1) is 0 Å². The second-order valence-corrected chi connectivity index (χ2v) is 7.87. The number of hydrogen-bond acceptors (Lipinski definition) is 5. The zero-order valence-corrected chi connectivity index (χ0v) is 15.9. The predicted molar refractivity (Wildman–Crippen MR) is 99.9 cm³/mol. The second kappa shape index (κ2) is 8.20. The lowest BCUT2D eigenvalue weighted by Crippen LogP contribution is -2.29. The van der Waals surface area contributed by atoms with Gasteiger partial charge in [-0.25, -0.2) is 13.1 Å². The fraction of sp³-hybridized carbons (Fsp3) is 0.105. The van der Waals surface area contributed by atoms with Crippen LogP contribution in [0.3, 0.4) is 0 Å². The number of halogens is 3. The molecule has 1 aromatic heterocycles. The Balaban J connectivity index is 1.68. The Hall–Kier alpha value is -3.31. The molecule has 7 nitrogen and oxygen atoms in total. The van der Waals surface area contributed by atoms with Gasteiger partial charge in [-0.15, -0.1) is 0 Å². The van der Waals surface area contributed by atoms with Crippen molar-refractivity contribution in [2.24, 2.45) is 0 Å². The van der Waals surface area contributed by atoms with Crippen molar-refractivity contribution in [3.8, 4) is 11.5 Å². The monoisotopic (exact) mass is 440 g/mol. The largest absolute Gasteiger partial charge is 0.457 e. The van der Waals surface area contributed by atoms with Crippen LogP contribution in [0.1, 0.15) is 11.1 Å². The molecular weight excluding hydrogens is 425 g/mol. The molecule has 11 heteroatoms. The van der Waals surface area contributed by atoms with E-state index in [1.165, 1.54) is 36.4 Å². The highest BCUT2D eigenvalue weighted by atomic mass is 32.2. The first-order valence-corrected chi connectivity index (χ1v) is 9.89. The van der Waals surface area contributed by atoms with Gasteiger partial charge in [0.2, 0.25) is 10.0 Å². The molecule has 0 aliphatic heterocycles. The van der Waals surface area contributed by atoms with Gasteiger partial charge in [-0.2, -0.15) is 17.9 Å². The highest BCUT2D eigenvalue weighted by Crippen LogP contribution is 2.31. The number of ether oxygens (including phenoxy) is 1. The summed E-state index contributed by atoms with van der Waals surface area (Å²) < 4.78 is 70.5. The molecule has 0 amide bonds. The fourth-order valence-electron chi connectivity index (χ4n) is 2.45. The number of alkyl halides is 3. The maximum atomic E-state index is 12.6. The fourth-order valence-corrected chi connectivity index (χ4v) is 3.46. The number of hydrogen-bond donors (Lipinski definition) is 2. The Kier molecular flexibility index (Phi) is 5.85. The van der Waals surface area contributed by atoms with Crippen LogP contribution in [0.15, 0.2) is 76.6 Å². The Morgan fingerprint density at radius 2 is 1.53 bits per heavy atom. The molecule has 0 radical (unpaired) electrons. The maximum Gasteiger partial charge on any atom is 0.416 e.